The van der Waals surface area contributed by atoms with Gasteiger partial charge in [-0.1, -0.05) is 12.1 Å². The third-order valence-electron chi connectivity index (χ3n) is 3.42. The van der Waals surface area contributed by atoms with E-state index in [9.17, 15) is 9.90 Å². The van der Waals surface area contributed by atoms with Crippen LogP contribution in [-0.4, -0.2) is 54.1 Å². The zero-order valence-electron chi connectivity index (χ0n) is 11.7. The van der Waals surface area contributed by atoms with Crippen molar-refractivity contribution in [2.45, 2.75) is 25.5 Å². The molecule has 1 aromatic rings. The number of amides is 1. The summed E-state index contributed by atoms with van der Waals surface area (Å²) in [6.45, 7) is 2.13. The molecule has 1 aromatic carbocycles. The lowest BCUT2D eigenvalue weighted by Crippen LogP contribution is -2.40. The Morgan fingerprint density at radius 1 is 1.37 bits per heavy atom. The van der Waals surface area contributed by atoms with Crippen LogP contribution in [0.4, 0.5) is 0 Å². The summed E-state index contributed by atoms with van der Waals surface area (Å²) in [6, 6.07) is 7.81. The molecular weight excluding hydrogens is 240 g/mol. The van der Waals surface area contributed by atoms with Gasteiger partial charge in [0.05, 0.1) is 6.10 Å². The number of hydrogen-bond acceptors (Lipinski definition) is 3. The van der Waals surface area contributed by atoms with Gasteiger partial charge >= 0.3 is 0 Å². The SMILES string of the molecule is CN(C)Cc1cccc(C(=O)N2CCC(O)CC2)c1. The van der Waals surface area contributed by atoms with Crippen LogP contribution in [0.2, 0.25) is 0 Å². The first-order valence-corrected chi connectivity index (χ1v) is 6.77. The van der Waals surface area contributed by atoms with Crippen LogP contribution in [0.3, 0.4) is 0 Å². The predicted molar refractivity (Wildman–Crippen MR) is 75.0 cm³/mol. The molecule has 4 nitrogen and oxygen atoms in total. The van der Waals surface area contributed by atoms with Gasteiger partial charge in [0.1, 0.15) is 0 Å². The van der Waals surface area contributed by atoms with E-state index < -0.39 is 0 Å². The van der Waals surface area contributed by atoms with E-state index in [1.165, 1.54) is 0 Å². The van der Waals surface area contributed by atoms with Crippen LogP contribution in [0.1, 0.15) is 28.8 Å². The zero-order chi connectivity index (χ0) is 13.8. The largest absolute Gasteiger partial charge is 0.393 e. The third-order valence-corrected chi connectivity index (χ3v) is 3.42. The van der Waals surface area contributed by atoms with Gasteiger partial charge < -0.3 is 14.9 Å². The average molecular weight is 262 g/mol. The minimum absolute atomic E-state index is 0.0764. The molecule has 0 atom stereocenters. The summed E-state index contributed by atoms with van der Waals surface area (Å²) in [5.41, 5.74) is 1.89. The predicted octanol–water partition coefficient (Wildman–Crippen LogP) is 1.35. The molecule has 1 fully saturated rings. The number of aliphatic hydroxyl groups is 1. The van der Waals surface area contributed by atoms with Crippen molar-refractivity contribution in [2.75, 3.05) is 27.2 Å². The fraction of sp³-hybridized carbons (Fsp3) is 0.533. The number of carbonyl (C=O) groups excluding carboxylic acids is 1. The third kappa shape index (κ3) is 3.78. The maximum absolute atomic E-state index is 12.4. The summed E-state index contributed by atoms with van der Waals surface area (Å²) < 4.78 is 0. The molecule has 1 amide bonds. The van der Waals surface area contributed by atoms with E-state index in [-0.39, 0.29) is 12.0 Å². The smallest absolute Gasteiger partial charge is 0.253 e. The highest BCUT2D eigenvalue weighted by Gasteiger charge is 2.22. The lowest BCUT2D eigenvalue weighted by molar-refractivity contribution is 0.0546. The van der Waals surface area contributed by atoms with Crippen molar-refractivity contribution < 1.29 is 9.90 Å². The summed E-state index contributed by atoms with van der Waals surface area (Å²) in [4.78, 5) is 16.3. The molecule has 104 valence electrons. The zero-order valence-corrected chi connectivity index (χ0v) is 11.7. The van der Waals surface area contributed by atoms with Crippen LogP contribution in [0.15, 0.2) is 24.3 Å². The van der Waals surface area contributed by atoms with E-state index in [1.807, 2.05) is 43.3 Å². The van der Waals surface area contributed by atoms with Gasteiger partial charge in [0.25, 0.3) is 5.91 Å². The van der Waals surface area contributed by atoms with E-state index in [4.69, 9.17) is 0 Å². The fourth-order valence-corrected chi connectivity index (χ4v) is 2.42. The quantitative estimate of drug-likeness (QED) is 0.894. The van der Waals surface area contributed by atoms with Crippen molar-refractivity contribution >= 4 is 5.91 Å². The van der Waals surface area contributed by atoms with E-state index in [0.29, 0.717) is 25.9 Å². The van der Waals surface area contributed by atoms with Gasteiger partial charge in [-0.25, -0.2) is 0 Å². The Morgan fingerprint density at radius 2 is 2.05 bits per heavy atom. The normalized spacial score (nSPS) is 16.9. The van der Waals surface area contributed by atoms with Gasteiger partial charge in [0, 0.05) is 25.2 Å². The molecule has 1 saturated heterocycles. The molecule has 1 heterocycles. The first kappa shape index (κ1) is 14.0. The number of nitrogens with zero attached hydrogens (tertiary/aromatic N) is 2. The van der Waals surface area contributed by atoms with Crippen molar-refractivity contribution in [3.63, 3.8) is 0 Å². The van der Waals surface area contributed by atoms with Crippen LogP contribution in [0.5, 0.6) is 0 Å². The van der Waals surface area contributed by atoms with Gasteiger partial charge in [-0.05, 0) is 44.6 Å². The van der Waals surface area contributed by atoms with E-state index >= 15 is 0 Å². The van der Waals surface area contributed by atoms with Crippen molar-refractivity contribution in [1.29, 1.82) is 0 Å². The summed E-state index contributed by atoms with van der Waals surface area (Å²) >= 11 is 0. The van der Waals surface area contributed by atoms with Gasteiger partial charge in [-0.15, -0.1) is 0 Å². The molecule has 0 aromatic heterocycles. The molecule has 19 heavy (non-hydrogen) atoms. The molecule has 2 rings (SSSR count). The van der Waals surface area contributed by atoms with Crippen LogP contribution in [0.25, 0.3) is 0 Å². The molecule has 0 saturated carbocycles. The lowest BCUT2D eigenvalue weighted by atomic mass is 10.1. The minimum Gasteiger partial charge on any atom is -0.393 e. The molecule has 0 bridgehead atoms. The first-order valence-electron chi connectivity index (χ1n) is 6.77. The first-order chi connectivity index (χ1) is 9.06. The maximum atomic E-state index is 12.4. The number of aliphatic hydroxyl groups excluding tert-OH is 1. The molecule has 0 radical (unpaired) electrons. The Hall–Kier alpha value is -1.39. The fourth-order valence-electron chi connectivity index (χ4n) is 2.42. The Morgan fingerprint density at radius 3 is 2.68 bits per heavy atom. The molecule has 1 aliphatic rings. The van der Waals surface area contributed by atoms with E-state index in [1.54, 1.807) is 0 Å². The Labute approximate surface area is 114 Å². The summed E-state index contributed by atoms with van der Waals surface area (Å²) in [6.07, 6.45) is 1.12. The van der Waals surface area contributed by atoms with Crippen LogP contribution in [0, 0.1) is 0 Å². The van der Waals surface area contributed by atoms with Gasteiger partial charge in [0.2, 0.25) is 0 Å². The van der Waals surface area contributed by atoms with Gasteiger partial charge in [0.15, 0.2) is 0 Å². The monoisotopic (exact) mass is 262 g/mol. The highest BCUT2D eigenvalue weighted by molar-refractivity contribution is 5.94. The summed E-state index contributed by atoms with van der Waals surface area (Å²) in [7, 11) is 4.03. The standard InChI is InChI=1S/C15H22N2O2/c1-16(2)11-12-4-3-5-13(10-12)15(19)17-8-6-14(18)7-9-17/h3-5,10,14,18H,6-9,11H2,1-2H3. The average Bonchev–Trinajstić information content (AvgIpc) is 2.38. The molecule has 0 aliphatic carbocycles. The molecule has 1 aliphatic heterocycles. The molecule has 0 unspecified atom stereocenters. The molecule has 1 N–H and O–H groups in total. The lowest BCUT2D eigenvalue weighted by Gasteiger charge is -2.29. The second kappa shape index (κ2) is 6.17. The second-order valence-electron chi connectivity index (χ2n) is 5.46. The summed E-state index contributed by atoms with van der Waals surface area (Å²) in [5.74, 6) is 0.0764. The van der Waals surface area contributed by atoms with Crippen molar-refractivity contribution in [1.82, 2.24) is 9.80 Å². The number of rotatable bonds is 3. The number of piperidine rings is 1. The Balaban J connectivity index is 2.06. The van der Waals surface area contributed by atoms with Gasteiger partial charge in [-0.2, -0.15) is 0 Å². The highest BCUT2D eigenvalue weighted by Crippen LogP contribution is 2.15. The maximum Gasteiger partial charge on any atom is 0.253 e. The highest BCUT2D eigenvalue weighted by atomic mass is 16.3. The topological polar surface area (TPSA) is 43.8 Å². The van der Waals surface area contributed by atoms with Crippen LogP contribution in [-0.2, 0) is 6.54 Å². The second-order valence-corrected chi connectivity index (χ2v) is 5.46. The Kier molecular flexibility index (Phi) is 4.56. The van der Waals surface area contributed by atoms with Crippen molar-refractivity contribution in [3.8, 4) is 0 Å². The van der Waals surface area contributed by atoms with Crippen molar-refractivity contribution in [2.24, 2.45) is 0 Å². The Bertz CT molecular complexity index is 438. The van der Waals surface area contributed by atoms with Crippen LogP contribution < -0.4 is 0 Å². The number of benzene rings is 1. The minimum atomic E-state index is -0.246. The van der Waals surface area contributed by atoms with Crippen LogP contribution >= 0.6 is 0 Å². The number of hydrogen-bond donors (Lipinski definition) is 1. The number of likely N-dealkylation sites (tertiary alicyclic amines) is 1. The summed E-state index contributed by atoms with van der Waals surface area (Å²) in [5, 5.41) is 9.48. The van der Waals surface area contributed by atoms with E-state index in [0.717, 1.165) is 17.7 Å². The molecular formula is C15H22N2O2. The van der Waals surface area contributed by atoms with Crippen molar-refractivity contribution in [3.05, 3.63) is 35.4 Å². The number of carbonyl (C=O) groups is 1. The van der Waals surface area contributed by atoms with E-state index in [2.05, 4.69) is 4.90 Å². The molecule has 4 heteroatoms. The molecule has 0 spiro atoms. The van der Waals surface area contributed by atoms with Gasteiger partial charge in [-0.3, -0.25) is 4.79 Å².